The molecule has 0 radical (unpaired) electrons. The Bertz CT molecular complexity index is 744. The molecule has 0 aliphatic carbocycles. The van der Waals surface area contributed by atoms with Gasteiger partial charge in [-0.2, -0.15) is 0 Å². The van der Waals surface area contributed by atoms with Crippen LogP contribution in [0, 0.1) is 6.92 Å². The molecule has 0 aliphatic rings. The lowest BCUT2D eigenvalue weighted by molar-refractivity contribution is 1.00. The smallest absolute Gasteiger partial charge is 0.136 e. The van der Waals surface area contributed by atoms with Gasteiger partial charge in [-0.1, -0.05) is 36.8 Å². The Labute approximate surface area is 122 Å². The molecular weight excluding hydrogens is 266 g/mol. The first-order valence-electron chi connectivity index (χ1n) is 6.76. The van der Waals surface area contributed by atoms with Crippen molar-refractivity contribution in [2.45, 2.75) is 26.7 Å². The number of fused-ring (bicyclic) bond motifs is 1. The molecule has 2 heterocycles. The van der Waals surface area contributed by atoms with Gasteiger partial charge in [0.05, 0.1) is 5.39 Å². The van der Waals surface area contributed by atoms with Crippen LogP contribution in [0.5, 0.6) is 0 Å². The molecule has 2 N–H and O–H groups in total. The van der Waals surface area contributed by atoms with Crippen LogP contribution in [-0.2, 0) is 12.8 Å². The highest BCUT2D eigenvalue weighted by molar-refractivity contribution is 7.18. The lowest BCUT2D eigenvalue weighted by Crippen LogP contribution is -2.00. The van der Waals surface area contributed by atoms with Crippen molar-refractivity contribution in [3.8, 4) is 0 Å². The number of rotatable bonds is 3. The number of nitrogen functional groups attached to an aromatic ring is 1. The van der Waals surface area contributed by atoms with Gasteiger partial charge in [-0.3, -0.25) is 0 Å². The third-order valence-electron chi connectivity index (χ3n) is 3.35. The van der Waals surface area contributed by atoms with Gasteiger partial charge in [0.25, 0.3) is 0 Å². The predicted molar refractivity (Wildman–Crippen MR) is 85.2 cm³/mol. The van der Waals surface area contributed by atoms with Crippen LogP contribution in [-0.4, -0.2) is 9.97 Å². The van der Waals surface area contributed by atoms with E-state index in [9.17, 15) is 0 Å². The molecule has 3 aromatic rings. The van der Waals surface area contributed by atoms with Crippen LogP contribution < -0.4 is 5.73 Å². The molecule has 0 fully saturated rings. The zero-order valence-corrected chi connectivity index (χ0v) is 12.5. The van der Waals surface area contributed by atoms with Crippen molar-refractivity contribution in [2.24, 2.45) is 0 Å². The monoisotopic (exact) mass is 283 g/mol. The zero-order chi connectivity index (χ0) is 14.1. The molecule has 0 unspecified atom stereocenters. The molecule has 2 aromatic heterocycles. The summed E-state index contributed by atoms with van der Waals surface area (Å²) in [7, 11) is 0. The van der Waals surface area contributed by atoms with Gasteiger partial charge in [0, 0.05) is 11.3 Å². The van der Waals surface area contributed by atoms with E-state index in [1.807, 2.05) is 0 Å². The number of aryl methyl sites for hydroxylation is 2. The summed E-state index contributed by atoms with van der Waals surface area (Å²) < 4.78 is 0. The molecule has 1 aromatic carbocycles. The molecule has 3 nitrogen and oxygen atoms in total. The van der Waals surface area contributed by atoms with Crippen LogP contribution in [0.25, 0.3) is 10.2 Å². The molecule has 4 heteroatoms. The van der Waals surface area contributed by atoms with Crippen LogP contribution in [0.3, 0.4) is 0 Å². The predicted octanol–water partition coefficient (Wildman–Crippen LogP) is 3.74. The standard InChI is InChI=1S/C16H17N3S/c1-3-12-9-13-15(17)18-14(19-16(13)20-12)8-11-6-4-10(2)5-7-11/h4-7,9H,3,8H2,1-2H3,(H2,17,18,19). The zero-order valence-electron chi connectivity index (χ0n) is 11.7. The van der Waals surface area contributed by atoms with E-state index in [0.29, 0.717) is 5.82 Å². The topological polar surface area (TPSA) is 51.8 Å². The fraction of sp³-hybridized carbons (Fsp3) is 0.250. The van der Waals surface area contributed by atoms with E-state index in [-0.39, 0.29) is 0 Å². The average molecular weight is 283 g/mol. The lowest BCUT2D eigenvalue weighted by atomic mass is 10.1. The van der Waals surface area contributed by atoms with Crippen molar-refractivity contribution in [3.05, 3.63) is 52.2 Å². The summed E-state index contributed by atoms with van der Waals surface area (Å²) in [5.74, 6) is 1.39. The van der Waals surface area contributed by atoms with E-state index < -0.39 is 0 Å². The summed E-state index contributed by atoms with van der Waals surface area (Å²) in [5.41, 5.74) is 8.53. The van der Waals surface area contributed by atoms with E-state index in [2.05, 4.69) is 54.1 Å². The molecule has 0 atom stereocenters. The molecular formula is C16H17N3S. The van der Waals surface area contributed by atoms with Crippen LogP contribution in [0.15, 0.2) is 30.3 Å². The van der Waals surface area contributed by atoms with Crippen molar-refractivity contribution < 1.29 is 0 Å². The van der Waals surface area contributed by atoms with E-state index in [4.69, 9.17) is 5.73 Å². The number of hydrogen-bond donors (Lipinski definition) is 1. The Hall–Kier alpha value is -1.94. The fourth-order valence-corrected chi connectivity index (χ4v) is 3.18. The second-order valence-corrected chi connectivity index (χ2v) is 6.09. The Morgan fingerprint density at radius 2 is 1.90 bits per heavy atom. The Kier molecular flexibility index (Phi) is 3.40. The number of thiophene rings is 1. The largest absolute Gasteiger partial charge is 0.383 e. The summed E-state index contributed by atoms with van der Waals surface area (Å²) in [6, 6.07) is 10.6. The van der Waals surface area contributed by atoms with Gasteiger partial charge in [0.1, 0.15) is 16.5 Å². The molecule has 0 saturated carbocycles. The number of anilines is 1. The second-order valence-electron chi connectivity index (χ2n) is 4.97. The first kappa shape index (κ1) is 13.1. The molecule has 0 spiro atoms. The first-order chi connectivity index (χ1) is 9.65. The van der Waals surface area contributed by atoms with Gasteiger partial charge in [-0.25, -0.2) is 9.97 Å². The van der Waals surface area contributed by atoms with Gasteiger partial charge in [0.15, 0.2) is 0 Å². The molecule has 102 valence electrons. The highest BCUT2D eigenvalue weighted by atomic mass is 32.1. The maximum absolute atomic E-state index is 6.06. The van der Waals surface area contributed by atoms with E-state index in [1.165, 1.54) is 16.0 Å². The van der Waals surface area contributed by atoms with Crippen molar-refractivity contribution in [2.75, 3.05) is 5.73 Å². The van der Waals surface area contributed by atoms with Crippen LogP contribution in [0.2, 0.25) is 0 Å². The van der Waals surface area contributed by atoms with Gasteiger partial charge in [0.2, 0.25) is 0 Å². The van der Waals surface area contributed by atoms with Gasteiger partial charge in [-0.15, -0.1) is 11.3 Å². The molecule has 0 saturated heterocycles. The van der Waals surface area contributed by atoms with Gasteiger partial charge >= 0.3 is 0 Å². The highest BCUT2D eigenvalue weighted by Crippen LogP contribution is 2.28. The van der Waals surface area contributed by atoms with Crippen LogP contribution in [0.4, 0.5) is 5.82 Å². The summed E-state index contributed by atoms with van der Waals surface area (Å²) in [6.07, 6.45) is 1.73. The number of hydrogen-bond acceptors (Lipinski definition) is 4. The number of nitrogens with zero attached hydrogens (tertiary/aromatic N) is 2. The van der Waals surface area contributed by atoms with Crippen molar-refractivity contribution in [3.63, 3.8) is 0 Å². The lowest BCUT2D eigenvalue weighted by Gasteiger charge is -2.03. The number of benzene rings is 1. The average Bonchev–Trinajstić information content (AvgIpc) is 2.85. The van der Waals surface area contributed by atoms with Crippen LogP contribution >= 0.6 is 11.3 Å². The number of aromatic nitrogens is 2. The third-order valence-corrected chi connectivity index (χ3v) is 4.52. The Balaban J connectivity index is 1.97. The fourth-order valence-electron chi connectivity index (χ4n) is 2.18. The van der Waals surface area contributed by atoms with E-state index in [1.54, 1.807) is 11.3 Å². The second kappa shape index (κ2) is 5.21. The minimum Gasteiger partial charge on any atom is -0.383 e. The summed E-state index contributed by atoms with van der Waals surface area (Å²) in [5, 5.41) is 0.986. The summed E-state index contributed by atoms with van der Waals surface area (Å²) >= 11 is 1.71. The van der Waals surface area contributed by atoms with Crippen molar-refractivity contribution in [1.82, 2.24) is 9.97 Å². The van der Waals surface area contributed by atoms with Gasteiger partial charge in [-0.05, 0) is 25.0 Å². The molecule has 0 aliphatic heterocycles. The van der Waals surface area contributed by atoms with Gasteiger partial charge < -0.3 is 5.73 Å². The normalized spacial score (nSPS) is 11.1. The Morgan fingerprint density at radius 3 is 2.60 bits per heavy atom. The SMILES string of the molecule is CCc1cc2c(N)nc(Cc3ccc(C)cc3)nc2s1. The number of nitrogens with two attached hydrogens (primary N) is 1. The van der Waals surface area contributed by atoms with Crippen molar-refractivity contribution >= 4 is 27.4 Å². The summed E-state index contributed by atoms with van der Waals surface area (Å²) in [4.78, 5) is 11.4. The quantitative estimate of drug-likeness (QED) is 0.796. The first-order valence-corrected chi connectivity index (χ1v) is 7.57. The molecule has 0 amide bonds. The van der Waals surface area contributed by atoms with E-state index >= 15 is 0 Å². The highest BCUT2D eigenvalue weighted by Gasteiger charge is 2.09. The van der Waals surface area contributed by atoms with E-state index in [0.717, 1.165) is 28.9 Å². The summed E-state index contributed by atoms with van der Waals surface area (Å²) in [6.45, 7) is 4.23. The maximum Gasteiger partial charge on any atom is 0.136 e. The molecule has 0 bridgehead atoms. The maximum atomic E-state index is 6.06. The molecule has 20 heavy (non-hydrogen) atoms. The van der Waals surface area contributed by atoms with Crippen LogP contribution in [0.1, 0.15) is 28.8 Å². The van der Waals surface area contributed by atoms with Crippen molar-refractivity contribution in [1.29, 1.82) is 0 Å². The molecule has 3 rings (SSSR count). The minimum absolute atomic E-state index is 0.591. The third kappa shape index (κ3) is 2.51. The minimum atomic E-state index is 0.591. The Morgan fingerprint density at radius 1 is 1.15 bits per heavy atom.